The third-order valence-corrected chi connectivity index (χ3v) is 5.96. The smallest absolute Gasteiger partial charge is 0.120 e. The van der Waals surface area contributed by atoms with Crippen LogP contribution in [0.4, 0.5) is 0 Å². The van der Waals surface area contributed by atoms with Crippen molar-refractivity contribution in [2.45, 2.75) is 19.5 Å². The number of hydrogen-bond donors (Lipinski definition) is 1. The van der Waals surface area contributed by atoms with Crippen molar-refractivity contribution in [1.29, 1.82) is 0 Å². The van der Waals surface area contributed by atoms with Gasteiger partial charge in [0.15, 0.2) is 0 Å². The molecule has 0 aliphatic carbocycles. The highest BCUT2D eigenvalue weighted by atomic mass is 32.1. The lowest BCUT2D eigenvalue weighted by molar-refractivity contribution is 0.250. The zero-order valence-electron chi connectivity index (χ0n) is 14.3. The van der Waals surface area contributed by atoms with Crippen molar-refractivity contribution < 1.29 is 5.11 Å². The van der Waals surface area contributed by atoms with Crippen molar-refractivity contribution in [3.05, 3.63) is 71.2 Å². The van der Waals surface area contributed by atoms with Gasteiger partial charge >= 0.3 is 0 Å². The molecular weight excluding hydrogens is 328 g/mol. The molecule has 0 fully saturated rings. The monoisotopic (exact) mass is 348 g/mol. The number of thiazole rings is 1. The van der Waals surface area contributed by atoms with Gasteiger partial charge in [-0.25, -0.2) is 4.98 Å². The maximum Gasteiger partial charge on any atom is 0.120 e. The zero-order chi connectivity index (χ0) is 17.4. The predicted octanol–water partition coefficient (Wildman–Crippen LogP) is 5.35. The summed E-state index contributed by atoms with van der Waals surface area (Å²) >= 11 is 1.74. The molecule has 1 N–H and O–H groups in total. The average Bonchev–Trinajstić information content (AvgIpc) is 3.07. The van der Waals surface area contributed by atoms with E-state index in [1.165, 1.54) is 4.70 Å². The zero-order valence-corrected chi connectivity index (χ0v) is 15.1. The van der Waals surface area contributed by atoms with Gasteiger partial charge in [0.1, 0.15) is 10.8 Å². The van der Waals surface area contributed by atoms with E-state index in [2.05, 4.69) is 43.1 Å². The fraction of sp³-hybridized carbons (Fsp3) is 0.190. The Hall–Kier alpha value is -2.43. The van der Waals surface area contributed by atoms with Crippen molar-refractivity contribution in [3.8, 4) is 5.75 Å². The third kappa shape index (κ3) is 2.99. The molecule has 126 valence electrons. The van der Waals surface area contributed by atoms with E-state index in [0.29, 0.717) is 12.3 Å². The molecule has 3 nitrogen and oxygen atoms in total. The standard InChI is InChI=1S/C21H20N2OS/c1-14(21-22-18-9-5-6-10-20(18)25-21)23(2)13-17-16-8-4-3-7-15(16)11-12-19(17)24/h3-12,14,24H,13H2,1-2H3/t14-/m1/s1. The number of para-hydroxylation sites is 1. The van der Waals surface area contributed by atoms with Crippen LogP contribution in [-0.2, 0) is 6.54 Å². The summed E-state index contributed by atoms with van der Waals surface area (Å²) in [5.41, 5.74) is 2.02. The summed E-state index contributed by atoms with van der Waals surface area (Å²) in [6.07, 6.45) is 0. The summed E-state index contributed by atoms with van der Waals surface area (Å²) < 4.78 is 1.21. The van der Waals surface area contributed by atoms with E-state index in [1.807, 2.05) is 30.3 Å². The van der Waals surface area contributed by atoms with Gasteiger partial charge in [0.05, 0.1) is 16.3 Å². The lowest BCUT2D eigenvalue weighted by Gasteiger charge is -2.24. The molecule has 4 aromatic rings. The number of nitrogens with zero attached hydrogens (tertiary/aromatic N) is 2. The highest BCUT2D eigenvalue weighted by molar-refractivity contribution is 7.18. The van der Waals surface area contributed by atoms with E-state index in [1.54, 1.807) is 17.4 Å². The molecule has 1 aromatic heterocycles. The lowest BCUT2D eigenvalue weighted by Crippen LogP contribution is -2.22. The molecule has 1 heterocycles. The summed E-state index contributed by atoms with van der Waals surface area (Å²) in [5.74, 6) is 0.349. The number of benzene rings is 3. The van der Waals surface area contributed by atoms with Crippen LogP contribution in [-0.4, -0.2) is 22.0 Å². The van der Waals surface area contributed by atoms with E-state index in [0.717, 1.165) is 26.9 Å². The highest BCUT2D eigenvalue weighted by Gasteiger charge is 2.18. The largest absolute Gasteiger partial charge is 0.508 e. The molecule has 25 heavy (non-hydrogen) atoms. The maximum absolute atomic E-state index is 10.4. The first-order valence-electron chi connectivity index (χ1n) is 8.39. The summed E-state index contributed by atoms with van der Waals surface area (Å²) in [5, 5.41) is 13.7. The van der Waals surface area contributed by atoms with E-state index in [4.69, 9.17) is 4.98 Å². The first-order chi connectivity index (χ1) is 12.1. The quantitative estimate of drug-likeness (QED) is 0.540. The molecule has 0 unspecified atom stereocenters. The Bertz CT molecular complexity index is 1010. The fourth-order valence-corrected chi connectivity index (χ4v) is 4.22. The Balaban J connectivity index is 1.65. The van der Waals surface area contributed by atoms with Crippen LogP contribution in [0.1, 0.15) is 23.5 Å². The number of phenolic OH excluding ortho intramolecular Hbond substituents is 1. The summed E-state index contributed by atoms with van der Waals surface area (Å²) in [4.78, 5) is 7.01. The summed E-state index contributed by atoms with van der Waals surface area (Å²) in [6.45, 7) is 2.84. The Morgan fingerprint density at radius 1 is 1.04 bits per heavy atom. The maximum atomic E-state index is 10.4. The van der Waals surface area contributed by atoms with Gasteiger partial charge < -0.3 is 5.11 Å². The number of phenols is 1. The molecule has 4 rings (SSSR count). The predicted molar refractivity (Wildman–Crippen MR) is 105 cm³/mol. The van der Waals surface area contributed by atoms with E-state index < -0.39 is 0 Å². The molecule has 0 bridgehead atoms. The fourth-order valence-electron chi connectivity index (χ4n) is 3.13. The van der Waals surface area contributed by atoms with Gasteiger partial charge in [0.2, 0.25) is 0 Å². The van der Waals surface area contributed by atoms with Crippen molar-refractivity contribution in [2.24, 2.45) is 0 Å². The van der Waals surface area contributed by atoms with Crippen LogP contribution in [0.25, 0.3) is 21.0 Å². The molecular formula is C21H20N2OS. The van der Waals surface area contributed by atoms with Crippen LogP contribution in [0, 0.1) is 0 Å². The Kier molecular flexibility index (Phi) is 4.15. The van der Waals surface area contributed by atoms with Crippen molar-refractivity contribution in [1.82, 2.24) is 9.88 Å². The van der Waals surface area contributed by atoms with Crippen LogP contribution in [0.5, 0.6) is 5.75 Å². The minimum Gasteiger partial charge on any atom is -0.508 e. The van der Waals surface area contributed by atoms with Gasteiger partial charge in [-0.05, 0) is 42.9 Å². The molecule has 0 spiro atoms. The molecule has 0 saturated carbocycles. The van der Waals surface area contributed by atoms with E-state index in [-0.39, 0.29) is 6.04 Å². The Morgan fingerprint density at radius 2 is 1.80 bits per heavy atom. The molecule has 0 aliphatic heterocycles. The molecule has 0 amide bonds. The third-order valence-electron chi connectivity index (χ3n) is 4.75. The topological polar surface area (TPSA) is 36.4 Å². The van der Waals surface area contributed by atoms with Crippen molar-refractivity contribution in [2.75, 3.05) is 7.05 Å². The second-order valence-corrected chi connectivity index (χ2v) is 7.46. The lowest BCUT2D eigenvalue weighted by atomic mass is 10.0. The number of rotatable bonds is 4. The molecule has 3 aromatic carbocycles. The minimum atomic E-state index is 0.177. The van der Waals surface area contributed by atoms with Crippen molar-refractivity contribution in [3.63, 3.8) is 0 Å². The molecule has 0 radical (unpaired) electrons. The normalized spacial score (nSPS) is 12.9. The Labute approximate surface area is 151 Å². The minimum absolute atomic E-state index is 0.177. The van der Waals surface area contributed by atoms with Crippen LogP contribution in [0.2, 0.25) is 0 Å². The van der Waals surface area contributed by atoms with Gasteiger partial charge in [0, 0.05) is 12.1 Å². The van der Waals surface area contributed by atoms with Crippen molar-refractivity contribution >= 4 is 32.3 Å². The second-order valence-electron chi connectivity index (χ2n) is 6.40. The number of aromatic nitrogens is 1. The van der Waals surface area contributed by atoms with Crippen LogP contribution >= 0.6 is 11.3 Å². The number of hydrogen-bond acceptors (Lipinski definition) is 4. The summed E-state index contributed by atoms with van der Waals surface area (Å²) in [6, 6.07) is 20.4. The van der Waals surface area contributed by atoms with Crippen LogP contribution < -0.4 is 0 Å². The SMILES string of the molecule is C[C@H](c1nc2ccccc2s1)N(C)Cc1c(O)ccc2ccccc12. The number of fused-ring (bicyclic) bond motifs is 2. The highest BCUT2D eigenvalue weighted by Crippen LogP contribution is 2.33. The first kappa shape index (κ1) is 16.1. The Morgan fingerprint density at radius 3 is 2.64 bits per heavy atom. The van der Waals surface area contributed by atoms with Crippen LogP contribution in [0.3, 0.4) is 0 Å². The number of aromatic hydroxyl groups is 1. The molecule has 4 heteroatoms. The second kappa shape index (κ2) is 6.47. The molecule has 0 saturated heterocycles. The van der Waals surface area contributed by atoms with E-state index in [9.17, 15) is 5.11 Å². The van der Waals surface area contributed by atoms with Gasteiger partial charge in [-0.3, -0.25) is 4.90 Å². The molecule has 1 atom stereocenters. The molecule has 0 aliphatic rings. The first-order valence-corrected chi connectivity index (χ1v) is 9.20. The van der Waals surface area contributed by atoms with Crippen LogP contribution in [0.15, 0.2) is 60.7 Å². The average molecular weight is 348 g/mol. The van der Waals surface area contributed by atoms with Gasteiger partial charge in [-0.15, -0.1) is 11.3 Å². The van der Waals surface area contributed by atoms with E-state index >= 15 is 0 Å². The summed E-state index contributed by atoms with van der Waals surface area (Å²) in [7, 11) is 2.08. The van der Waals surface area contributed by atoms with Gasteiger partial charge in [-0.2, -0.15) is 0 Å². The van der Waals surface area contributed by atoms with Gasteiger partial charge in [-0.1, -0.05) is 42.5 Å². The van der Waals surface area contributed by atoms with Gasteiger partial charge in [0.25, 0.3) is 0 Å².